The van der Waals surface area contributed by atoms with Gasteiger partial charge in [-0.3, -0.25) is 9.59 Å². The number of aryl methyl sites for hydroxylation is 2. The summed E-state index contributed by atoms with van der Waals surface area (Å²) in [5, 5.41) is 2.92. The van der Waals surface area contributed by atoms with Gasteiger partial charge in [-0.15, -0.1) is 0 Å². The van der Waals surface area contributed by atoms with Gasteiger partial charge in [-0.05, 0) is 60.9 Å². The Bertz CT molecular complexity index is 1660. The quantitative estimate of drug-likeness (QED) is 0.412. The number of ether oxygens (including phenoxy) is 3. The van der Waals surface area contributed by atoms with Crippen molar-refractivity contribution in [2.75, 3.05) is 23.6 Å². The fraction of sp³-hybridized carbons (Fsp3) is 0.194. The van der Waals surface area contributed by atoms with Crippen LogP contribution in [-0.2, 0) is 16.8 Å². The van der Waals surface area contributed by atoms with Gasteiger partial charge in [-0.1, -0.05) is 36.4 Å². The maximum atomic E-state index is 14.4. The van der Waals surface area contributed by atoms with Crippen LogP contribution in [0.4, 0.5) is 11.5 Å². The third-order valence-corrected chi connectivity index (χ3v) is 7.57. The zero-order valence-electron chi connectivity index (χ0n) is 21.5. The van der Waals surface area contributed by atoms with E-state index in [0.717, 1.165) is 33.6 Å². The molecule has 3 aliphatic rings. The molecule has 8 nitrogen and oxygen atoms in total. The Morgan fingerprint density at radius 2 is 1.69 bits per heavy atom. The molecule has 0 saturated heterocycles. The highest BCUT2D eigenvalue weighted by molar-refractivity contribution is 6.12. The van der Waals surface area contributed by atoms with Gasteiger partial charge in [-0.2, -0.15) is 0 Å². The van der Waals surface area contributed by atoms with E-state index in [-0.39, 0.29) is 31.8 Å². The average Bonchev–Trinajstić information content (AvgIpc) is 3.60. The number of amides is 2. The molecule has 194 valence electrons. The summed E-state index contributed by atoms with van der Waals surface area (Å²) in [4.78, 5) is 33.9. The Morgan fingerprint density at radius 1 is 0.923 bits per heavy atom. The summed E-state index contributed by atoms with van der Waals surface area (Å²) in [7, 11) is 0. The van der Waals surface area contributed by atoms with Crippen molar-refractivity contribution in [1.82, 2.24) is 4.98 Å². The van der Waals surface area contributed by atoms with E-state index in [1.165, 1.54) is 0 Å². The number of hydrogen-bond acceptors (Lipinski definition) is 6. The van der Waals surface area contributed by atoms with Crippen LogP contribution in [0.25, 0.3) is 0 Å². The van der Waals surface area contributed by atoms with Gasteiger partial charge in [0.25, 0.3) is 5.91 Å². The normalized spacial score (nSPS) is 18.2. The number of carbonyl (C=O) groups excluding carboxylic acids is 2. The van der Waals surface area contributed by atoms with Gasteiger partial charge in [0, 0.05) is 28.6 Å². The molecular formula is C31H25N3O5. The van der Waals surface area contributed by atoms with Crippen molar-refractivity contribution in [3.63, 3.8) is 0 Å². The smallest absolute Gasteiger partial charge is 0.257 e. The van der Waals surface area contributed by atoms with Gasteiger partial charge in [0.1, 0.15) is 23.6 Å². The number of aromatic nitrogens is 1. The molecule has 0 saturated carbocycles. The molecule has 0 radical (unpaired) electrons. The third-order valence-electron chi connectivity index (χ3n) is 7.57. The second kappa shape index (κ2) is 8.59. The summed E-state index contributed by atoms with van der Waals surface area (Å²) in [5.74, 6) is 1.94. The Balaban J connectivity index is 1.25. The van der Waals surface area contributed by atoms with E-state index >= 15 is 0 Å². The van der Waals surface area contributed by atoms with Crippen molar-refractivity contribution < 1.29 is 23.8 Å². The summed E-state index contributed by atoms with van der Waals surface area (Å²) in [6, 6.07) is 22.5. The van der Waals surface area contributed by atoms with Crippen LogP contribution in [0.1, 0.15) is 38.3 Å². The number of fused-ring (bicyclic) bond motifs is 5. The number of nitrogens with one attached hydrogen (secondary N) is 1. The standard InChI is InChI=1S/C31H25N3O5/c1-18-11-19(2)32-28(12-18)33-29(35)21-8-4-3-7-20(21)15-34-24-10-6-5-9-22(24)31(30(34)36)16-37-25-14-27-26(13-23(25)31)38-17-39-27/h3-14H,15-17H2,1-2H3,(H,32,33,35). The van der Waals surface area contributed by atoms with Crippen molar-refractivity contribution >= 4 is 23.3 Å². The number of hydrogen-bond donors (Lipinski definition) is 1. The predicted octanol–water partition coefficient (Wildman–Crippen LogP) is 4.90. The molecule has 0 aliphatic carbocycles. The molecule has 4 aromatic rings. The average molecular weight is 520 g/mol. The first-order valence-corrected chi connectivity index (χ1v) is 12.8. The number of carbonyl (C=O) groups is 2. The van der Waals surface area contributed by atoms with E-state index in [2.05, 4.69) is 10.3 Å². The molecule has 2 amide bonds. The minimum absolute atomic E-state index is 0.104. The number of pyridine rings is 1. The van der Waals surface area contributed by atoms with Crippen molar-refractivity contribution in [2.45, 2.75) is 25.8 Å². The maximum absolute atomic E-state index is 14.4. The Morgan fingerprint density at radius 3 is 2.54 bits per heavy atom. The first kappa shape index (κ1) is 23.3. The van der Waals surface area contributed by atoms with Crippen molar-refractivity contribution in [2.24, 2.45) is 0 Å². The topological polar surface area (TPSA) is 90.0 Å². The molecule has 1 N–H and O–H groups in total. The number of benzene rings is 3. The third kappa shape index (κ3) is 3.55. The van der Waals surface area contributed by atoms with Crippen LogP contribution in [0.2, 0.25) is 0 Å². The highest BCUT2D eigenvalue weighted by Crippen LogP contribution is 2.55. The van der Waals surface area contributed by atoms with Gasteiger partial charge in [-0.25, -0.2) is 4.98 Å². The number of para-hydroxylation sites is 1. The van der Waals surface area contributed by atoms with E-state index < -0.39 is 5.41 Å². The van der Waals surface area contributed by atoms with Gasteiger partial charge in [0.2, 0.25) is 12.7 Å². The van der Waals surface area contributed by atoms with Crippen LogP contribution < -0.4 is 24.4 Å². The minimum atomic E-state index is -1.01. The predicted molar refractivity (Wildman–Crippen MR) is 145 cm³/mol. The fourth-order valence-electron chi connectivity index (χ4n) is 5.86. The van der Waals surface area contributed by atoms with Gasteiger partial charge >= 0.3 is 0 Å². The summed E-state index contributed by atoms with van der Waals surface area (Å²) >= 11 is 0. The summed E-state index contributed by atoms with van der Waals surface area (Å²) in [6.07, 6.45) is 0. The molecule has 3 aromatic carbocycles. The van der Waals surface area contributed by atoms with Crippen molar-refractivity contribution in [1.29, 1.82) is 0 Å². The lowest BCUT2D eigenvalue weighted by Crippen LogP contribution is -2.42. The molecule has 0 fully saturated rings. The minimum Gasteiger partial charge on any atom is -0.491 e. The summed E-state index contributed by atoms with van der Waals surface area (Å²) < 4.78 is 17.2. The summed E-state index contributed by atoms with van der Waals surface area (Å²) in [6.45, 7) is 4.39. The fourth-order valence-corrected chi connectivity index (χ4v) is 5.86. The molecular weight excluding hydrogens is 494 g/mol. The molecule has 3 aliphatic heterocycles. The number of rotatable bonds is 4. The Labute approximate surface area is 225 Å². The SMILES string of the molecule is Cc1cc(C)nc(NC(=O)c2ccccc2CN2C(=O)C3(COc4cc5c(cc43)OCO5)c3ccccc32)c1. The zero-order valence-corrected chi connectivity index (χ0v) is 21.5. The first-order valence-electron chi connectivity index (χ1n) is 12.8. The van der Waals surface area contributed by atoms with Gasteiger partial charge < -0.3 is 24.4 Å². The van der Waals surface area contributed by atoms with Crippen molar-refractivity contribution in [3.8, 4) is 17.2 Å². The maximum Gasteiger partial charge on any atom is 0.257 e. The van der Waals surface area contributed by atoms with Crippen LogP contribution in [-0.4, -0.2) is 30.2 Å². The molecule has 39 heavy (non-hydrogen) atoms. The first-order chi connectivity index (χ1) is 18.9. The summed E-state index contributed by atoms with van der Waals surface area (Å²) in [5.41, 5.74) is 4.46. The lowest BCUT2D eigenvalue weighted by molar-refractivity contribution is -0.122. The van der Waals surface area contributed by atoms with Crippen LogP contribution in [0.3, 0.4) is 0 Å². The molecule has 8 heteroatoms. The monoisotopic (exact) mass is 519 g/mol. The van der Waals surface area contributed by atoms with E-state index in [9.17, 15) is 9.59 Å². The van der Waals surface area contributed by atoms with Gasteiger partial charge in [0.15, 0.2) is 11.5 Å². The highest BCUT2D eigenvalue weighted by atomic mass is 16.7. The van der Waals surface area contributed by atoms with Crippen molar-refractivity contribution in [3.05, 3.63) is 106 Å². The van der Waals surface area contributed by atoms with E-state index in [1.54, 1.807) is 17.0 Å². The lowest BCUT2D eigenvalue weighted by atomic mass is 9.77. The van der Waals surface area contributed by atoms with E-state index in [1.807, 2.05) is 74.5 Å². The van der Waals surface area contributed by atoms with Crippen LogP contribution in [0.5, 0.6) is 17.2 Å². The van der Waals surface area contributed by atoms with E-state index in [0.29, 0.717) is 28.6 Å². The molecule has 1 spiro atoms. The molecule has 1 unspecified atom stereocenters. The largest absolute Gasteiger partial charge is 0.491 e. The Hall–Kier alpha value is -4.85. The van der Waals surface area contributed by atoms with Gasteiger partial charge in [0.05, 0.1) is 6.54 Å². The van der Waals surface area contributed by atoms with Crippen LogP contribution in [0.15, 0.2) is 72.8 Å². The zero-order chi connectivity index (χ0) is 26.7. The van der Waals surface area contributed by atoms with Crippen LogP contribution in [0, 0.1) is 13.8 Å². The number of anilines is 2. The second-order valence-electron chi connectivity index (χ2n) is 10.1. The molecule has 0 bridgehead atoms. The molecule has 4 heterocycles. The molecule has 1 aromatic heterocycles. The lowest BCUT2D eigenvalue weighted by Gasteiger charge is -2.24. The highest BCUT2D eigenvalue weighted by Gasteiger charge is 2.57. The molecule has 7 rings (SSSR count). The van der Waals surface area contributed by atoms with Crippen LogP contribution >= 0.6 is 0 Å². The Kier molecular flexibility index (Phi) is 5.13. The second-order valence-corrected chi connectivity index (χ2v) is 10.1. The number of nitrogens with zero attached hydrogens (tertiary/aromatic N) is 2. The van der Waals surface area contributed by atoms with E-state index in [4.69, 9.17) is 14.2 Å². The molecule has 1 atom stereocenters.